The van der Waals surface area contributed by atoms with Crippen molar-refractivity contribution in [2.45, 2.75) is 42.5 Å². The Morgan fingerprint density at radius 1 is 1.30 bits per heavy atom. The average Bonchev–Trinajstić information content (AvgIpc) is 3.39. The van der Waals surface area contributed by atoms with Crippen LogP contribution in [0, 0.1) is 0 Å². The number of aliphatic hydroxyl groups excluding tert-OH is 1. The van der Waals surface area contributed by atoms with Crippen molar-refractivity contribution in [3.63, 3.8) is 0 Å². The van der Waals surface area contributed by atoms with Gasteiger partial charge in [-0.2, -0.15) is 0 Å². The lowest BCUT2D eigenvalue weighted by Crippen LogP contribution is -2.21. The van der Waals surface area contributed by atoms with Crippen LogP contribution in [0.15, 0.2) is 34.4 Å². The van der Waals surface area contributed by atoms with Crippen molar-refractivity contribution in [3.8, 4) is 0 Å². The van der Waals surface area contributed by atoms with Crippen molar-refractivity contribution in [1.82, 2.24) is 20.2 Å². The van der Waals surface area contributed by atoms with Crippen LogP contribution >= 0.6 is 23.1 Å². The van der Waals surface area contributed by atoms with Crippen molar-refractivity contribution in [2.24, 2.45) is 0 Å². The summed E-state index contributed by atoms with van der Waals surface area (Å²) < 4.78 is 5.58. The predicted molar refractivity (Wildman–Crippen MR) is 119 cm³/mol. The van der Waals surface area contributed by atoms with Crippen LogP contribution in [0.2, 0.25) is 0 Å². The van der Waals surface area contributed by atoms with Gasteiger partial charge < -0.3 is 20.1 Å². The van der Waals surface area contributed by atoms with Gasteiger partial charge in [0.1, 0.15) is 17.2 Å². The highest BCUT2D eigenvalue weighted by Gasteiger charge is 2.23. The first-order chi connectivity index (χ1) is 14.6. The normalized spacial score (nSPS) is 15.8. The first-order valence-electron chi connectivity index (χ1n) is 9.82. The summed E-state index contributed by atoms with van der Waals surface area (Å²) >= 11 is 2.77. The van der Waals surface area contributed by atoms with Crippen LogP contribution < -0.4 is 5.32 Å². The lowest BCUT2D eigenvalue weighted by molar-refractivity contribution is -0.133. The number of hydrogen-bond donors (Lipinski definition) is 3. The molecule has 0 spiro atoms. The smallest absolute Gasteiger partial charge is 0.345 e. The molecule has 1 aromatic carbocycles. The molecule has 8 nitrogen and oxygen atoms in total. The van der Waals surface area contributed by atoms with Gasteiger partial charge in [-0.25, -0.2) is 9.78 Å². The standard InChI is InChI=1S/C20H23N5O3S2/c1-28-18(27)16(17-22-13-9-5-6-10-14(13)23-17)15(26)11-29-20-25-24-19(30-20)21-12-7-3-2-4-8-12/h5-6,9-10,12,26H,2-4,7-8,11H2,1H3,(H,21,24)(H,22,23)/b16-15+. The quantitative estimate of drug-likeness (QED) is 0.212. The third kappa shape index (κ3) is 4.76. The topological polar surface area (TPSA) is 113 Å². The van der Waals surface area contributed by atoms with Crippen LogP contribution in [0.5, 0.6) is 0 Å². The Bertz CT molecular complexity index is 1020. The van der Waals surface area contributed by atoms with Crippen molar-refractivity contribution >= 4 is 50.8 Å². The largest absolute Gasteiger partial charge is 0.510 e. The SMILES string of the molecule is COC(=O)/C(=C(/O)CSc1nnc(NC2CCCCC2)s1)c1nc2ccccc2[nH]1. The molecule has 2 heterocycles. The van der Waals surface area contributed by atoms with Crippen LogP contribution in [0.1, 0.15) is 37.9 Å². The molecule has 158 valence electrons. The number of anilines is 1. The molecule has 30 heavy (non-hydrogen) atoms. The molecule has 0 amide bonds. The second kappa shape index (κ2) is 9.48. The zero-order valence-electron chi connectivity index (χ0n) is 16.6. The van der Waals surface area contributed by atoms with Gasteiger partial charge in [0.2, 0.25) is 5.13 Å². The summed E-state index contributed by atoms with van der Waals surface area (Å²) in [6, 6.07) is 7.87. The minimum Gasteiger partial charge on any atom is -0.510 e. The lowest BCUT2D eigenvalue weighted by Gasteiger charge is -2.21. The lowest BCUT2D eigenvalue weighted by atomic mass is 9.96. The highest BCUT2D eigenvalue weighted by molar-refractivity contribution is 8.01. The first kappa shape index (κ1) is 20.7. The van der Waals surface area contributed by atoms with Crippen LogP contribution in [0.4, 0.5) is 5.13 Å². The molecule has 1 aliphatic carbocycles. The molecule has 10 heteroatoms. The maximum Gasteiger partial charge on any atom is 0.345 e. The number of methoxy groups -OCH3 is 1. The Morgan fingerprint density at radius 3 is 2.87 bits per heavy atom. The third-order valence-electron chi connectivity index (χ3n) is 4.98. The number of para-hydroxylation sites is 2. The number of thioether (sulfide) groups is 1. The number of aliphatic hydroxyl groups is 1. The number of ether oxygens (including phenoxy) is 1. The van der Waals surface area contributed by atoms with E-state index in [0.29, 0.717) is 15.9 Å². The zero-order valence-corrected chi connectivity index (χ0v) is 18.2. The number of imidazole rings is 1. The summed E-state index contributed by atoms with van der Waals surface area (Å²) in [5, 5.41) is 23.3. The van der Waals surface area contributed by atoms with E-state index >= 15 is 0 Å². The molecule has 3 N–H and O–H groups in total. The third-order valence-corrected chi connectivity index (χ3v) is 6.97. The fourth-order valence-corrected chi connectivity index (χ4v) is 5.18. The Kier molecular flexibility index (Phi) is 6.53. The van der Waals surface area contributed by atoms with Gasteiger partial charge in [-0.1, -0.05) is 54.5 Å². The fraction of sp³-hybridized carbons (Fsp3) is 0.400. The van der Waals surface area contributed by atoms with E-state index in [-0.39, 0.29) is 22.9 Å². The van der Waals surface area contributed by atoms with E-state index in [2.05, 4.69) is 25.5 Å². The number of esters is 1. The van der Waals surface area contributed by atoms with Crippen molar-refractivity contribution in [2.75, 3.05) is 18.2 Å². The monoisotopic (exact) mass is 445 g/mol. The van der Waals surface area contributed by atoms with E-state index in [9.17, 15) is 9.90 Å². The molecule has 2 aromatic heterocycles. The zero-order chi connectivity index (χ0) is 20.9. The number of H-pyrrole nitrogens is 1. The number of benzene rings is 1. The average molecular weight is 446 g/mol. The van der Waals surface area contributed by atoms with Crippen LogP contribution in [0.25, 0.3) is 16.6 Å². The minimum absolute atomic E-state index is 0.0197. The number of carbonyl (C=O) groups is 1. The number of nitrogens with one attached hydrogen (secondary N) is 2. The molecule has 0 aliphatic heterocycles. The molecule has 1 fully saturated rings. The van der Waals surface area contributed by atoms with Crippen LogP contribution in [0.3, 0.4) is 0 Å². The maximum atomic E-state index is 12.3. The van der Waals surface area contributed by atoms with E-state index in [1.54, 1.807) is 0 Å². The number of carbonyl (C=O) groups excluding carboxylic acids is 1. The number of hydrogen-bond acceptors (Lipinski definition) is 9. The summed E-state index contributed by atoms with van der Waals surface area (Å²) in [6.45, 7) is 0. The molecular weight excluding hydrogens is 422 g/mol. The van der Waals surface area contributed by atoms with Crippen LogP contribution in [-0.4, -0.2) is 50.1 Å². The molecule has 0 unspecified atom stereocenters. The van der Waals surface area contributed by atoms with Gasteiger partial charge in [0.15, 0.2) is 4.34 Å². The molecule has 3 aromatic rings. The summed E-state index contributed by atoms with van der Waals surface area (Å²) in [4.78, 5) is 19.8. The van der Waals surface area contributed by atoms with Gasteiger partial charge in [-0.15, -0.1) is 10.2 Å². The Balaban J connectivity index is 1.47. The number of aromatic nitrogens is 4. The molecule has 1 aliphatic rings. The van der Waals surface area contributed by atoms with Crippen molar-refractivity contribution in [1.29, 1.82) is 0 Å². The van der Waals surface area contributed by atoms with Gasteiger partial charge in [-0.05, 0) is 25.0 Å². The molecule has 1 saturated carbocycles. The highest BCUT2D eigenvalue weighted by atomic mass is 32.2. The molecule has 0 saturated heterocycles. The summed E-state index contributed by atoms with van der Waals surface area (Å²) in [7, 11) is 1.28. The number of fused-ring (bicyclic) bond motifs is 1. The van der Waals surface area contributed by atoms with Crippen molar-refractivity contribution in [3.05, 3.63) is 35.8 Å². The van der Waals surface area contributed by atoms with Gasteiger partial charge in [0.05, 0.1) is 23.9 Å². The summed E-state index contributed by atoms with van der Waals surface area (Å²) in [5.41, 5.74) is 1.50. The van der Waals surface area contributed by atoms with Crippen LogP contribution in [-0.2, 0) is 9.53 Å². The van der Waals surface area contributed by atoms with E-state index < -0.39 is 5.97 Å². The number of aromatic amines is 1. The van der Waals surface area contributed by atoms with Gasteiger partial charge >= 0.3 is 5.97 Å². The van der Waals surface area contributed by atoms with Gasteiger partial charge in [0, 0.05) is 6.04 Å². The second-order valence-corrected chi connectivity index (χ2v) is 9.26. The molecule has 0 bridgehead atoms. The maximum absolute atomic E-state index is 12.3. The highest BCUT2D eigenvalue weighted by Crippen LogP contribution is 2.30. The summed E-state index contributed by atoms with van der Waals surface area (Å²) in [5.74, 6) is -0.343. The first-order valence-corrected chi connectivity index (χ1v) is 11.6. The summed E-state index contributed by atoms with van der Waals surface area (Å²) in [6.07, 6.45) is 6.11. The van der Waals surface area contributed by atoms with Gasteiger partial charge in [-0.3, -0.25) is 0 Å². The number of nitrogens with zero attached hydrogens (tertiary/aromatic N) is 3. The molecule has 0 radical (unpaired) electrons. The molecule has 4 rings (SSSR count). The Hall–Kier alpha value is -2.59. The number of rotatable bonds is 7. The van der Waals surface area contributed by atoms with E-state index in [1.165, 1.54) is 49.5 Å². The predicted octanol–water partition coefficient (Wildman–Crippen LogP) is 4.39. The van der Waals surface area contributed by atoms with E-state index in [1.807, 2.05) is 24.3 Å². The Morgan fingerprint density at radius 2 is 2.10 bits per heavy atom. The van der Waals surface area contributed by atoms with Crippen molar-refractivity contribution < 1.29 is 14.6 Å². The second-order valence-electron chi connectivity index (χ2n) is 7.06. The fourth-order valence-electron chi connectivity index (χ4n) is 3.47. The van der Waals surface area contributed by atoms with E-state index in [0.717, 1.165) is 23.5 Å². The minimum atomic E-state index is -0.649. The Labute approximate surface area is 182 Å². The molecule has 0 atom stereocenters. The molecular formula is C20H23N5O3S2. The van der Waals surface area contributed by atoms with E-state index in [4.69, 9.17) is 4.74 Å². The van der Waals surface area contributed by atoms with Gasteiger partial charge in [0.25, 0.3) is 0 Å².